The van der Waals surface area contributed by atoms with Crippen LogP contribution in [0.3, 0.4) is 0 Å². The Bertz CT molecular complexity index is 1150. The molecule has 2 nitrogen and oxygen atoms in total. The fraction of sp³-hybridized carbons (Fsp3) is 0.314. The van der Waals surface area contributed by atoms with Crippen molar-refractivity contribution >= 4 is 18.4 Å². The first-order chi connectivity index (χ1) is 18.7. The maximum atomic E-state index is 12.5. The van der Waals surface area contributed by atoms with Gasteiger partial charge in [0.05, 0.1) is 6.10 Å². The summed E-state index contributed by atoms with van der Waals surface area (Å²) in [6.07, 6.45) is 5.59. The van der Waals surface area contributed by atoms with E-state index in [1.807, 2.05) is 0 Å². The van der Waals surface area contributed by atoms with Gasteiger partial charge in [0, 0.05) is 18.8 Å². The van der Waals surface area contributed by atoms with Gasteiger partial charge in [0.2, 0.25) is 0 Å². The van der Waals surface area contributed by atoms with Crippen LogP contribution in [-0.2, 0) is 13.1 Å². The van der Waals surface area contributed by atoms with Crippen LogP contribution in [0.5, 0.6) is 0 Å². The van der Waals surface area contributed by atoms with Crippen LogP contribution in [0.25, 0.3) is 0 Å². The zero-order chi connectivity index (χ0) is 26.2. The first-order valence-corrected chi connectivity index (χ1v) is 16.8. The molecule has 2 unspecified atom stereocenters. The average molecular weight is 520 g/mol. The maximum absolute atomic E-state index is 12.5. The van der Waals surface area contributed by atoms with Gasteiger partial charge in [-0.1, -0.05) is 158 Å². The van der Waals surface area contributed by atoms with Gasteiger partial charge in [-0.2, -0.15) is 0 Å². The highest BCUT2D eigenvalue weighted by atomic mass is 28.3. The summed E-state index contributed by atoms with van der Waals surface area (Å²) in [6.45, 7) is 4.12. The molecule has 1 fully saturated rings. The van der Waals surface area contributed by atoms with E-state index in [4.69, 9.17) is 0 Å². The lowest BCUT2D eigenvalue weighted by atomic mass is 9.85. The lowest BCUT2D eigenvalue weighted by Gasteiger charge is -2.48. The molecule has 0 bridgehead atoms. The molecule has 4 aromatic rings. The summed E-state index contributed by atoms with van der Waals surface area (Å²) >= 11 is 0. The number of hydrogen-bond acceptors (Lipinski definition) is 2. The molecule has 0 saturated heterocycles. The first-order valence-electron chi connectivity index (χ1n) is 14.3. The number of rotatable bonds is 10. The number of aliphatic hydroxyl groups excluding tert-OH is 1. The summed E-state index contributed by atoms with van der Waals surface area (Å²) in [5.74, 6) is 0.335. The Hall–Kier alpha value is -2.98. The second kappa shape index (κ2) is 12.7. The van der Waals surface area contributed by atoms with Crippen molar-refractivity contribution in [1.29, 1.82) is 0 Å². The van der Waals surface area contributed by atoms with E-state index in [1.54, 1.807) is 0 Å². The van der Waals surface area contributed by atoms with Gasteiger partial charge in [-0.05, 0) is 29.9 Å². The standard InChI is InChI=1S/C35H41NOSi/c1-38(32-23-13-5-14-24-32,33-25-15-6-16-26-33)35(34(37)31-21-11-4-12-22-31)36(27-29-17-7-2-8-18-29)28-30-19-9-3-10-20-30/h2-3,5-10,13-20,23-26,31,34-35,37H,4,11-12,21-22,27-28H2,1H3. The molecule has 196 valence electrons. The molecule has 1 saturated carbocycles. The lowest BCUT2D eigenvalue weighted by molar-refractivity contribution is 0.0210. The highest BCUT2D eigenvalue weighted by molar-refractivity contribution is 7.02. The zero-order valence-corrected chi connectivity index (χ0v) is 23.6. The minimum absolute atomic E-state index is 0.0239. The average Bonchev–Trinajstić information content (AvgIpc) is 2.99. The van der Waals surface area contributed by atoms with Gasteiger partial charge in [0.25, 0.3) is 0 Å². The van der Waals surface area contributed by atoms with E-state index in [1.165, 1.54) is 40.8 Å². The smallest absolute Gasteiger partial charge is 0.135 e. The molecule has 5 rings (SSSR count). The van der Waals surface area contributed by atoms with Gasteiger partial charge in [0.15, 0.2) is 0 Å². The monoisotopic (exact) mass is 519 g/mol. The molecular weight excluding hydrogens is 478 g/mol. The topological polar surface area (TPSA) is 23.5 Å². The van der Waals surface area contributed by atoms with Crippen molar-refractivity contribution in [3.8, 4) is 0 Å². The van der Waals surface area contributed by atoms with E-state index in [0.29, 0.717) is 5.92 Å². The van der Waals surface area contributed by atoms with Gasteiger partial charge in [0.1, 0.15) is 8.07 Å². The van der Waals surface area contributed by atoms with Crippen molar-refractivity contribution in [2.75, 3.05) is 0 Å². The van der Waals surface area contributed by atoms with Crippen molar-refractivity contribution in [2.45, 2.75) is 63.5 Å². The quantitative estimate of drug-likeness (QED) is 0.244. The third kappa shape index (κ3) is 6.01. The van der Waals surface area contributed by atoms with Gasteiger partial charge in [-0.25, -0.2) is 0 Å². The summed E-state index contributed by atoms with van der Waals surface area (Å²) in [7, 11) is -2.47. The minimum Gasteiger partial charge on any atom is -0.391 e. The van der Waals surface area contributed by atoms with Gasteiger partial charge in [-0.3, -0.25) is 4.90 Å². The number of aliphatic hydroxyl groups is 1. The maximum Gasteiger partial charge on any atom is 0.135 e. The van der Waals surface area contributed by atoms with Crippen LogP contribution in [0.1, 0.15) is 43.2 Å². The van der Waals surface area contributed by atoms with Gasteiger partial charge >= 0.3 is 0 Å². The molecule has 0 heterocycles. The fourth-order valence-electron chi connectivity index (χ4n) is 6.62. The summed E-state index contributed by atoms with van der Waals surface area (Å²) in [5, 5.41) is 15.3. The highest BCUT2D eigenvalue weighted by Crippen LogP contribution is 2.33. The van der Waals surface area contributed by atoms with E-state index in [-0.39, 0.29) is 11.8 Å². The molecule has 1 aliphatic rings. The molecule has 38 heavy (non-hydrogen) atoms. The van der Waals surface area contributed by atoms with Crippen molar-refractivity contribution in [2.24, 2.45) is 5.92 Å². The Balaban J connectivity index is 1.68. The largest absolute Gasteiger partial charge is 0.391 e. The molecule has 1 aliphatic carbocycles. The predicted octanol–water partition coefficient (Wildman–Crippen LogP) is 6.43. The Morgan fingerprint density at radius 2 is 1.03 bits per heavy atom. The number of hydrogen-bond donors (Lipinski definition) is 1. The third-order valence-electron chi connectivity index (χ3n) is 8.65. The van der Waals surface area contributed by atoms with Crippen molar-refractivity contribution in [3.63, 3.8) is 0 Å². The van der Waals surface area contributed by atoms with E-state index in [0.717, 1.165) is 25.9 Å². The molecule has 0 spiro atoms. The molecule has 1 N–H and O–H groups in total. The first kappa shape index (κ1) is 26.6. The van der Waals surface area contributed by atoms with E-state index < -0.39 is 8.07 Å². The lowest BCUT2D eigenvalue weighted by Crippen LogP contribution is -2.73. The van der Waals surface area contributed by atoms with Crippen molar-refractivity contribution < 1.29 is 5.11 Å². The molecule has 0 aromatic heterocycles. The summed E-state index contributed by atoms with van der Waals surface area (Å²) in [6, 6.07) is 43.8. The van der Waals surface area contributed by atoms with Crippen molar-refractivity contribution in [3.05, 3.63) is 132 Å². The van der Waals surface area contributed by atoms with Crippen molar-refractivity contribution in [1.82, 2.24) is 4.90 Å². The van der Waals surface area contributed by atoms with E-state index >= 15 is 0 Å². The molecule has 0 radical (unpaired) electrons. The molecule has 0 amide bonds. The molecule has 4 aromatic carbocycles. The molecule has 0 aliphatic heterocycles. The Kier molecular flexibility index (Phi) is 8.90. The summed E-state index contributed by atoms with van der Waals surface area (Å²) < 4.78 is 0. The van der Waals surface area contributed by atoms with Crippen LogP contribution < -0.4 is 10.4 Å². The second-order valence-corrected chi connectivity index (χ2v) is 15.3. The van der Waals surface area contributed by atoms with Crippen LogP contribution in [0.4, 0.5) is 0 Å². The second-order valence-electron chi connectivity index (χ2n) is 11.1. The normalized spacial score (nSPS) is 16.3. The van der Waals surface area contributed by atoms with Gasteiger partial charge in [-0.15, -0.1) is 0 Å². The number of nitrogens with zero attached hydrogens (tertiary/aromatic N) is 1. The van der Waals surface area contributed by atoms with Crippen LogP contribution in [0.2, 0.25) is 6.55 Å². The third-order valence-corrected chi connectivity index (χ3v) is 13.6. The summed E-state index contributed by atoms with van der Waals surface area (Å²) in [4.78, 5) is 2.62. The predicted molar refractivity (Wildman–Crippen MR) is 162 cm³/mol. The Labute approximate surface area is 230 Å². The molecular formula is C35H41NOSi. The summed E-state index contributed by atoms with van der Waals surface area (Å²) in [5.41, 5.74) is 2.61. The van der Waals surface area contributed by atoms with Gasteiger partial charge < -0.3 is 5.11 Å². The van der Waals surface area contributed by atoms with Crippen LogP contribution >= 0.6 is 0 Å². The van der Waals surface area contributed by atoms with E-state index in [2.05, 4.69) is 133 Å². The molecule has 2 atom stereocenters. The Morgan fingerprint density at radius 3 is 1.45 bits per heavy atom. The SMILES string of the molecule is C[Si](c1ccccc1)(c1ccccc1)C(C(O)C1CCCCC1)N(Cc1ccccc1)Cc1ccccc1. The van der Waals surface area contributed by atoms with Crippen LogP contribution in [0, 0.1) is 5.92 Å². The highest BCUT2D eigenvalue weighted by Gasteiger charge is 2.48. The Morgan fingerprint density at radius 1 is 0.632 bits per heavy atom. The van der Waals surface area contributed by atoms with Crippen LogP contribution in [0.15, 0.2) is 121 Å². The number of benzene rings is 4. The zero-order valence-electron chi connectivity index (χ0n) is 22.6. The minimum atomic E-state index is -2.47. The van der Waals surface area contributed by atoms with E-state index in [9.17, 15) is 5.11 Å². The van der Waals surface area contributed by atoms with Crippen LogP contribution in [-0.4, -0.2) is 29.8 Å². The molecule has 3 heteroatoms. The fourth-order valence-corrected chi connectivity index (χ4v) is 11.3.